The zero-order valence-corrected chi connectivity index (χ0v) is 17.9. The minimum Gasteiger partial charge on any atom is -0.495 e. The van der Waals surface area contributed by atoms with Gasteiger partial charge in [0, 0.05) is 19.2 Å². The molecule has 158 valence electrons. The van der Waals surface area contributed by atoms with Crippen LogP contribution >= 0.6 is 0 Å². The Balaban J connectivity index is 2.26. The SMILES string of the molecule is CCCNS(=O)(=O)c1ccc(NS(=O)(=O)c2ccc(OC)c(NC(C)=O)c2)cc1. The van der Waals surface area contributed by atoms with Crippen molar-refractivity contribution in [3.05, 3.63) is 42.5 Å². The quantitative estimate of drug-likeness (QED) is 0.546. The lowest BCUT2D eigenvalue weighted by Crippen LogP contribution is -2.24. The molecular weight excluding hydrogens is 418 g/mol. The first-order valence-corrected chi connectivity index (χ1v) is 11.6. The maximum Gasteiger partial charge on any atom is 0.261 e. The largest absolute Gasteiger partial charge is 0.495 e. The number of hydrogen-bond donors (Lipinski definition) is 3. The van der Waals surface area contributed by atoms with Crippen LogP contribution in [0.5, 0.6) is 5.75 Å². The molecular formula is C18H23N3O6S2. The molecule has 2 aromatic rings. The Morgan fingerprint density at radius 1 is 0.966 bits per heavy atom. The van der Waals surface area contributed by atoms with Crippen molar-refractivity contribution >= 4 is 37.3 Å². The molecule has 0 spiro atoms. The highest BCUT2D eigenvalue weighted by Gasteiger charge is 2.18. The number of sulfonamides is 2. The van der Waals surface area contributed by atoms with E-state index in [1.807, 2.05) is 6.92 Å². The monoisotopic (exact) mass is 441 g/mol. The molecule has 0 heterocycles. The molecule has 2 rings (SSSR count). The molecule has 0 aromatic heterocycles. The zero-order valence-electron chi connectivity index (χ0n) is 16.2. The van der Waals surface area contributed by atoms with E-state index in [0.29, 0.717) is 18.7 Å². The number of hydrogen-bond acceptors (Lipinski definition) is 6. The molecule has 0 fully saturated rings. The van der Waals surface area contributed by atoms with E-state index in [1.165, 1.54) is 56.5 Å². The minimum atomic E-state index is -3.98. The fourth-order valence-corrected chi connectivity index (χ4v) is 4.60. The lowest BCUT2D eigenvalue weighted by Gasteiger charge is -2.13. The van der Waals surface area contributed by atoms with Crippen molar-refractivity contribution in [2.24, 2.45) is 0 Å². The van der Waals surface area contributed by atoms with Gasteiger partial charge >= 0.3 is 0 Å². The number of nitrogens with one attached hydrogen (secondary N) is 3. The molecule has 0 saturated carbocycles. The van der Waals surface area contributed by atoms with Crippen molar-refractivity contribution in [2.75, 3.05) is 23.7 Å². The van der Waals surface area contributed by atoms with Gasteiger partial charge in [0.15, 0.2) is 0 Å². The third kappa shape index (κ3) is 5.92. The molecule has 3 N–H and O–H groups in total. The smallest absolute Gasteiger partial charge is 0.261 e. The van der Waals surface area contributed by atoms with Crippen molar-refractivity contribution in [1.82, 2.24) is 4.72 Å². The molecule has 11 heteroatoms. The molecule has 29 heavy (non-hydrogen) atoms. The molecule has 1 amide bonds. The normalized spacial score (nSPS) is 11.7. The number of amides is 1. The van der Waals surface area contributed by atoms with Gasteiger partial charge in [0.1, 0.15) is 5.75 Å². The van der Waals surface area contributed by atoms with E-state index in [9.17, 15) is 21.6 Å². The van der Waals surface area contributed by atoms with Crippen LogP contribution in [-0.4, -0.2) is 36.4 Å². The molecule has 9 nitrogen and oxygen atoms in total. The number of benzene rings is 2. The van der Waals surface area contributed by atoms with Crippen LogP contribution in [-0.2, 0) is 24.8 Å². The summed E-state index contributed by atoms with van der Waals surface area (Å²) in [5, 5.41) is 2.51. The van der Waals surface area contributed by atoms with E-state index >= 15 is 0 Å². The summed E-state index contributed by atoms with van der Waals surface area (Å²) in [7, 11) is -6.22. The lowest BCUT2D eigenvalue weighted by atomic mass is 10.3. The van der Waals surface area contributed by atoms with Crippen LogP contribution in [0.2, 0.25) is 0 Å². The third-order valence-corrected chi connectivity index (χ3v) is 6.61. The number of carbonyl (C=O) groups excluding carboxylic acids is 1. The summed E-state index contributed by atoms with van der Waals surface area (Å²) in [5.41, 5.74) is 0.405. The predicted molar refractivity (Wildman–Crippen MR) is 110 cm³/mol. The standard InChI is InChI=1S/C18H23N3O6S2/c1-4-11-19-28(23,24)15-7-5-14(6-8-15)21-29(25,26)16-9-10-18(27-3)17(12-16)20-13(2)22/h5-10,12,19,21H,4,11H2,1-3H3,(H,20,22). The lowest BCUT2D eigenvalue weighted by molar-refractivity contribution is -0.114. The Hall–Kier alpha value is -2.63. The maximum absolute atomic E-state index is 12.7. The van der Waals surface area contributed by atoms with E-state index in [2.05, 4.69) is 14.8 Å². The van der Waals surface area contributed by atoms with Crippen molar-refractivity contribution in [2.45, 2.75) is 30.1 Å². The van der Waals surface area contributed by atoms with Crippen molar-refractivity contribution in [1.29, 1.82) is 0 Å². The average molecular weight is 442 g/mol. The third-order valence-electron chi connectivity index (χ3n) is 3.75. The highest BCUT2D eigenvalue weighted by molar-refractivity contribution is 7.92. The van der Waals surface area contributed by atoms with E-state index in [-0.39, 0.29) is 27.1 Å². The van der Waals surface area contributed by atoms with Crippen molar-refractivity contribution in [3.63, 3.8) is 0 Å². The molecule has 0 unspecified atom stereocenters. The Morgan fingerprint density at radius 3 is 2.14 bits per heavy atom. The van der Waals surface area contributed by atoms with Crippen LogP contribution in [0.25, 0.3) is 0 Å². The Bertz CT molecular complexity index is 1080. The summed E-state index contributed by atoms with van der Waals surface area (Å²) in [6.45, 7) is 3.45. The molecule has 0 saturated heterocycles. The molecule has 0 radical (unpaired) electrons. The van der Waals surface area contributed by atoms with Crippen LogP contribution in [0, 0.1) is 0 Å². The number of rotatable bonds is 9. The highest BCUT2D eigenvalue weighted by atomic mass is 32.2. The maximum atomic E-state index is 12.7. The number of carbonyl (C=O) groups is 1. The van der Waals surface area contributed by atoms with E-state index in [0.717, 1.165) is 0 Å². The Kier molecular flexibility index (Phi) is 7.22. The van der Waals surface area contributed by atoms with Crippen molar-refractivity contribution in [3.8, 4) is 5.75 Å². The second-order valence-corrected chi connectivity index (χ2v) is 9.52. The van der Waals surface area contributed by atoms with Gasteiger partial charge in [-0.2, -0.15) is 0 Å². The average Bonchev–Trinajstić information content (AvgIpc) is 2.66. The van der Waals surface area contributed by atoms with Gasteiger partial charge in [0.25, 0.3) is 10.0 Å². The number of methoxy groups -OCH3 is 1. The van der Waals surface area contributed by atoms with Crippen LogP contribution in [0.1, 0.15) is 20.3 Å². The Labute approximate surface area is 170 Å². The van der Waals surface area contributed by atoms with E-state index in [1.54, 1.807) is 0 Å². The van der Waals surface area contributed by atoms with Crippen molar-refractivity contribution < 1.29 is 26.4 Å². The molecule has 0 atom stereocenters. The van der Waals surface area contributed by atoms with E-state index in [4.69, 9.17) is 4.74 Å². The van der Waals surface area contributed by atoms with Gasteiger partial charge in [-0.15, -0.1) is 0 Å². The molecule has 0 aliphatic carbocycles. The van der Waals surface area contributed by atoms with Gasteiger partial charge in [-0.1, -0.05) is 6.92 Å². The molecule has 0 bridgehead atoms. The van der Waals surface area contributed by atoms with Gasteiger partial charge in [-0.3, -0.25) is 9.52 Å². The Morgan fingerprint density at radius 2 is 1.59 bits per heavy atom. The zero-order chi connectivity index (χ0) is 21.7. The summed E-state index contributed by atoms with van der Waals surface area (Å²) in [5.74, 6) is -0.0624. The second kappa shape index (κ2) is 9.25. The number of anilines is 2. The first kappa shape index (κ1) is 22.7. The summed E-state index contributed by atoms with van der Waals surface area (Å²) in [6.07, 6.45) is 0.652. The summed E-state index contributed by atoms with van der Waals surface area (Å²) < 4.78 is 59.5. The summed E-state index contributed by atoms with van der Waals surface area (Å²) >= 11 is 0. The van der Waals surface area contributed by atoms with Gasteiger partial charge in [-0.05, 0) is 48.9 Å². The predicted octanol–water partition coefficient (Wildman–Crippen LogP) is 2.14. The highest BCUT2D eigenvalue weighted by Crippen LogP contribution is 2.28. The van der Waals surface area contributed by atoms with Gasteiger partial charge in [0.05, 0.1) is 22.6 Å². The van der Waals surface area contributed by atoms with Crippen LogP contribution in [0.4, 0.5) is 11.4 Å². The minimum absolute atomic E-state index is 0.0336. The first-order chi connectivity index (χ1) is 13.6. The molecule has 0 aliphatic heterocycles. The fraction of sp³-hybridized carbons (Fsp3) is 0.278. The topological polar surface area (TPSA) is 131 Å². The van der Waals surface area contributed by atoms with Crippen LogP contribution in [0.15, 0.2) is 52.3 Å². The first-order valence-electron chi connectivity index (χ1n) is 8.67. The molecule has 0 aliphatic rings. The van der Waals surface area contributed by atoms with E-state index < -0.39 is 20.0 Å². The van der Waals surface area contributed by atoms with Crippen LogP contribution < -0.4 is 19.5 Å². The fourth-order valence-electron chi connectivity index (χ4n) is 2.38. The summed E-state index contributed by atoms with van der Waals surface area (Å²) in [6, 6.07) is 9.37. The molecule has 2 aromatic carbocycles. The van der Waals surface area contributed by atoms with Gasteiger partial charge < -0.3 is 10.1 Å². The van der Waals surface area contributed by atoms with Gasteiger partial charge in [-0.25, -0.2) is 21.6 Å². The second-order valence-electron chi connectivity index (χ2n) is 6.07. The van der Waals surface area contributed by atoms with Gasteiger partial charge in [0.2, 0.25) is 15.9 Å². The summed E-state index contributed by atoms with van der Waals surface area (Å²) in [4.78, 5) is 11.3. The number of ether oxygens (including phenoxy) is 1. The van der Waals surface area contributed by atoms with Crippen LogP contribution in [0.3, 0.4) is 0 Å².